The lowest BCUT2D eigenvalue weighted by atomic mass is 9.30. The van der Waals surface area contributed by atoms with Crippen molar-refractivity contribution >= 4 is 80.7 Å². The molecule has 0 radical (unpaired) electrons. The van der Waals surface area contributed by atoms with Crippen LogP contribution in [-0.4, -0.2) is 20.1 Å². The van der Waals surface area contributed by atoms with Crippen molar-refractivity contribution in [2.45, 2.75) is 92.4 Å². The molecule has 0 fully saturated rings. The standard InChI is InChI=1S/C56H52B3NO4/c1-30-21-41-38(27-37(30)57-35-16-12-14-18-43(35)61-47-23-32(54(3,4)5)20-31(2)51(47)57)59-40-28-39-45(29-46(40)63-48-24-33(55(6,7)8)22-42(60-41)52(48)59)64-50-26-34(56(9,10)11)25-49-53(50)58(39)36-17-13-15-19-44(36)62-49/h12-29,60H,1-11H3. The molecule has 5 nitrogen and oxygen atoms in total. The zero-order valence-electron chi connectivity index (χ0n) is 38.8. The second kappa shape index (κ2) is 13.2. The molecule has 8 heteroatoms. The summed E-state index contributed by atoms with van der Waals surface area (Å²) >= 11 is 0. The minimum Gasteiger partial charge on any atom is -0.458 e. The summed E-state index contributed by atoms with van der Waals surface area (Å²) in [7, 11) is 0. The second-order valence-electron chi connectivity index (χ2n) is 21.9. The number of benzene rings is 7. The minimum absolute atomic E-state index is 0.0204. The number of ether oxygens (including phenoxy) is 4. The largest absolute Gasteiger partial charge is 0.458 e. The van der Waals surface area contributed by atoms with E-state index in [1.54, 1.807) is 0 Å². The summed E-state index contributed by atoms with van der Waals surface area (Å²) in [4.78, 5) is 0. The number of para-hydroxylation sites is 2. The van der Waals surface area contributed by atoms with Crippen LogP contribution in [0.25, 0.3) is 0 Å². The van der Waals surface area contributed by atoms with Crippen LogP contribution in [0.4, 0.5) is 11.4 Å². The van der Waals surface area contributed by atoms with Crippen molar-refractivity contribution in [3.63, 3.8) is 0 Å². The van der Waals surface area contributed by atoms with E-state index in [0.717, 1.165) is 79.2 Å². The third-order valence-electron chi connectivity index (χ3n) is 14.5. The maximum atomic E-state index is 7.14. The number of anilines is 2. The monoisotopic (exact) mass is 835 g/mol. The lowest BCUT2D eigenvalue weighted by Gasteiger charge is -2.39. The van der Waals surface area contributed by atoms with Gasteiger partial charge in [-0.25, -0.2) is 0 Å². The molecule has 0 aromatic heterocycles. The first-order valence-corrected chi connectivity index (χ1v) is 22.9. The highest BCUT2D eigenvalue weighted by Gasteiger charge is 2.46. The summed E-state index contributed by atoms with van der Waals surface area (Å²) in [5.74, 6) is 6.98. The average Bonchev–Trinajstić information content (AvgIpc) is 3.23. The molecule has 5 heterocycles. The van der Waals surface area contributed by atoms with E-state index in [1.807, 2.05) is 0 Å². The molecule has 0 atom stereocenters. The quantitative estimate of drug-likeness (QED) is 0.169. The van der Waals surface area contributed by atoms with Gasteiger partial charge in [0.2, 0.25) is 0 Å². The number of rotatable bonds is 1. The SMILES string of the molecule is Cc1cc2c(cc1B1c3ccccc3Oc3cc(C(C)(C)C)cc(C)c31)B1c3cc4c(cc3Oc3cc(C(C)(C)C)cc(c31)N2)Oc1cc(C(C)(C)C)cc2c1B4c1ccccc1O2. The lowest BCUT2D eigenvalue weighted by Crippen LogP contribution is -2.63. The molecule has 64 heavy (non-hydrogen) atoms. The molecular formula is C56H52B3NO4. The van der Waals surface area contributed by atoms with Crippen LogP contribution in [0.2, 0.25) is 0 Å². The summed E-state index contributed by atoms with van der Waals surface area (Å²) in [5, 5.41) is 3.96. The van der Waals surface area contributed by atoms with Gasteiger partial charge in [-0.2, -0.15) is 0 Å². The number of fused-ring (bicyclic) bond motifs is 10. The predicted octanol–water partition coefficient (Wildman–Crippen LogP) is 8.22. The Hall–Kier alpha value is -6.27. The lowest BCUT2D eigenvalue weighted by molar-refractivity contribution is 0.451. The minimum atomic E-state index is -0.109. The maximum absolute atomic E-state index is 7.14. The van der Waals surface area contributed by atoms with E-state index < -0.39 is 0 Å². The van der Waals surface area contributed by atoms with Crippen LogP contribution >= 0.6 is 0 Å². The molecule has 0 amide bonds. The van der Waals surface area contributed by atoms with Gasteiger partial charge in [0.15, 0.2) is 0 Å². The van der Waals surface area contributed by atoms with Gasteiger partial charge in [0.25, 0.3) is 20.1 Å². The highest BCUT2D eigenvalue weighted by molar-refractivity contribution is 7.02. The van der Waals surface area contributed by atoms with Crippen molar-refractivity contribution in [2.24, 2.45) is 0 Å². The molecule has 7 aromatic rings. The summed E-state index contributed by atoms with van der Waals surface area (Å²) < 4.78 is 27.7. The highest BCUT2D eigenvalue weighted by atomic mass is 16.5. The second-order valence-corrected chi connectivity index (χ2v) is 21.9. The summed E-state index contributed by atoms with van der Waals surface area (Å²) in [6, 6.07) is 40.2. The molecular weight excluding hydrogens is 783 g/mol. The summed E-state index contributed by atoms with van der Waals surface area (Å²) in [6.45, 7) is 24.7. The molecule has 7 aromatic carbocycles. The van der Waals surface area contributed by atoms with Crippen molar-refractivity contribution in [2.75, 3.05) is 5.32 Å². The molecule has 0 bridgehead atoms. The molecule has 314 valence electrons. The van der Waals surface area contributed by atoms with E-state index in [2.05, 4.69) is 191 Å². The van der Waals surface area contributed by atoms with Gasteiger partial charge < -0.3 is 24.3 Å². The maximum Gasteiger partial charge on any atom is 0.260 e. The third-order valence-corrected chi connectivity index (χ3v) is 14.5. The zero-order chi connectivity index (χ0) is 44.4. The molecule has 12 rings (SSSR count). The normalized spacial score (nSPS) is 14.7. The van der Waals surface area contributed by atoms with Gasteiger partial charge in [0, 0.05) is 22.9 Å². The van der Waals surface area contributed by atoms with Gasteiger partial charge in [0.1, 0.15) is 46.0 Å². The van der Waals surface area contributed by atoms with Crippen LogP contribution in [0.15, 0.2) is 109 Å². The third kappa shape index (κ3) is 5.80. The number of aryl methyl sites for hydroxylation is 2. The molecule has 0 saturated carbocycles. The van der Waals surface area contributed by atoms with Crippen LogP contribution in [0, 0.1) is 13.8 Å². The van der Waals surface area contributed by atoms with Crippen molar-refractivity contribution in [3.05, 3.63) is 137 Å². The Labute approximate surface area is 378 Å². The molecule has 5 aliphatic heterocycles. The van der Waals surface area contributed by atoms with Crippen LogP contribution < -0.4 is 73.4 Å². The van der Waals surface area contributed by atoms with Gasteiger partial charge in [0.05, 0.1) is 0 Å². The number of hydrogen-bond donors (Lipinski definition) is 1. The molecule has 0 aliphatic carbocycles. The Morgan fingerprint density at radius 2 is 0.781 bits per heavy atom. The van der Waals surface area contributed by atoms with Crippen molar-refractivity contribution in [1.82, 2.24) is 0 Å². The van der Waals surface area contributed by atoms with Crippen molar-refractivity contribution < 1.29 is 18.9 Å². The Morgan fingerprint density at radius 3 is 1.34 bits per heavy atom. The Morgan fingerprint density at radius 1 is 0.344 bits per heavy atom. The van der Waals surface area contributed by atoms with Gasteiger partial charge in [-0.1, -0.05) is 134 Å². The van der Waals surface area contributed by atoms with Crippen LogP contribution in [0.1, 0.15) is 90.1 Å². The first-order valence-electron chi connectivity index (χ1n) is 22.9. The first-order chi connectivity index (χ1) is 30.4. The van der Waals surface area contributed by atoms with Gasteiger partial charge >= 0.3 is 0 Å². The molecule has 0 spiro atoms. The van der Waals surface area contributed by atoms with E-state index >= 15 is 0 Å². The van der Waals surface area contributed by atoms with Crippen LogP contribution in [0.3, 0.4) is 0 Å². The van der Waals surface area contributed by atoms with Crippen LogP contribution in [-0.2, 0) is 16.2 Å². The number of hydrogen-bond acceptors (Lipinski definition) is 5. The Kier molecular flexibility index (Phi) is 8.09. The van der Waals surface area contributed by atoms with Crippen molar-refractivity contribution in [1.29, 1.82) is 0 Å². The molecule has 0 unspecified atom stereocenters. The van der Waals surface area contributed by atoms with E-state index in [0.29, 0.717) is 0 Å². The van der Waals surface area contributed by atoms with Crippen LogP contribution in [0.5, 0.6) is 46.0 Å². The Bertz CT molecular complexity index is 3210. The van der Waals surface area contributed by atoms with Gasteiger partial charge in [-0.15, -0.1) is 0 Å². The topological polar surface area (TPSA) is 49.0 Å². The first kappa shape index (κ1) is 39.3. The smallest absolute Gasteiger partial charge is 0.260 e. The fourth-order valence-electron chi connectivity index (χ4n) is 11.0. The van der Waals surface area contributed by atoms with Gasteiger partial charge in [-0.05, 0) is 134 Å². The van der Waals surface area contributed by atoms with E-state index in [9.17, 15) is 0 Å². The summed E-state index contributed by atoms with van der Waals surface area (Å²) in [6.07, 6.45) is 0. The Balaban J connectivity index is 1.09. The van der Waals surface area contributed by atoms with Gasteiger partial charge in [-0.3, -0.25) is 0 Å². The molecule has 5 aliphatic rings. The van der Waals surface area contributed by atoms with E-state index in [-0.39, 0.29) is 36.4 Å². The van der Waals surface area contributed by atoms with E-state index in [4.69, 9.17) is 18.9 Å². The highest BCUT2D eigenvalue weighted by Crippen LogP contribution is 2.42. The summed E-state index contributed by atoms with van der Waals surface area (Å²) in [5.41, 5.74) is 18.7. The van der Waals surface area contributed by atoms with Crippen molar-refractivity contribution in [3.8, 4) is 46.0 Å². The fraction of sp³-hybridized carbons (Fsp3) is 0.250. The zero-order valence-corrected chi connectivity index (χ0v) is 38.8. The predicted molar refractivity (Wildman–Crippen MR) is 268 cm³/mol. The molecule has 1 N–H and O–H groups in total. The fourth-order valence-corrected chi connectivity index (χ4v) is 11.0. The van der Waals surface area contributed by atoms with E-state index in [1.165, 1.54) is 55.1 Å². The average molecular weight is 835 g/mol. The molecule has 0 saturated heterocycles. The number of nitrogens with one attached hydrogen (secondary N) is 1.